The first-order valence-electron chi connectivity index (χ1n) is 5.46. The summed E-state index contributed by atoms with van der Waals surface area (Å²) in [6.45, 7) is 1.97. The van der Waals surface area contributed by atoms with E-state index in [4.69, 9.17) is 0 Å². The molecule has 2 nitrogen and oxygen atoms in total. The van der Waals surface area contributed by atoms with E-state index in [1.807, 2.05) is 37.3 Å². The fraction of sp³-hybridized carbons (Fsp3) is 0.143. The third-order valence-corrected chi connectivity index (χ3v) is 4.11. The number of benzene rings is 1. The minimum Gasteiger partial charge on any atom is -0.294 e. The van der Waals surface area contributed by atoms with E-state index in [1.165, 1.54) is 0 Å². The number of aryl methyl sites for hydroxylation is 1. The molecule has 0 atom stereocenters. The Kier molecular flexibility index (Phi) is 4.50. The van der Waals surface area contributed by atoms with Crippen LogP contribution in [0.5, 0.6) is 0 Å². The van der Waals surface area contributed by atoms with Crippen LogP contribution in [0, 0.1) is 10.5 Å². The van der Waals surface area contributed by atoms with Gasteiger partial charge in [0.1, 0.15) is 0 Å². The highest BCUT2D eigenvalue weighted by Crippen LogP contribution is 2.20. The van der Waals surface area contributed by atoms with Crippen molar-refractivity contribution in [2.75, 3.05) is 0 Å². The largest absolute Gasteiger partial charge is 0.294 e. The van der Waals surface area contributed by atoms with Crippen molar-refractivity contribution >= 4 is 44.3 Å². The first kappa shape index (κ1) is 13.7. The molecule has 0 amide bonds. The molecular weight excluding hydrogens is 405 g/mol. The van der Waals surface area contributed by atoms with Gasteiger partial charge in [-0.15, -0.1) is 0 Å². The Morgan fingerprint density at radius 2 is 2.17 bits per heavy atom. The van der Waals surface area contributed by atoms with E-state index in [9.17, 15) is 4.79 Å². The van der Waals surface area contributed by atoms with Gasteiger partial charge in [-0.1, -0.05) is 22.0 Å². The zero-order valence-electron chi connectivity index (χ0n) is 9.78. The lowest BCUT2D eigenvalue weighted by Crippen LogP contribution is -2.08. The molecule has 1 aromatic carbocycles. The molecule has 18 heavy (non-hydrogen) atoms. The summed E-state index contributed by atoms with van der Waals surface area (Å²) in [4.78, 5) is 16.5. The molecule has 92 valence electrons. The molecular formula is C14H11BrINO. The molecule has 0 fully saturated rings. The van der Waals surface area contributed by atoms with Crippen LogP contribution in [0.1, 0.15) is 21.6 Å². The Bertz CT molecular complexity index is 598. The van der Waals surface area contributed by atoms with Crippen molar-refractivity contribution < 1.29 is 4.79 Å². The SMILES string of the molecule is Cc1cccnc1CC(=O)c1cc(Br)ccc1I. The van der Waals surface area contributed by atoms with E-state index >= 15 is 0 Å². The Morgan fingerprint density at radius 3 is 2.89 bits per heavy atom. The molecule has 0 saturated carbocycles. The summed E-state index contributed by atoms with van der Waals surface area (Å²) in [5.74, 6) is 0.0995. The van der Waals surface area contributed by atoms with Crippen molar-refractivity contribution in [2.24, 2.45) is 0 Å². The average Bonchev–Trinajstić information content (AvgIpc) is 2.35. The van der Waals surface area contributed by atoms with Crippen molar-refractivity contribution in [2.45, 2.75) is 13.3 Å². The highest BCUT2D eigenvalue weighted by Gasteiger charge is 2.13. The summed E-state index contributed by atoms with van der Waals surface area (Å²) < 4.78 is 1.89. The number of Topliss-reactive ketones (excluding diaryl/α,β-unsaturated/α-hetero) is 1. The smallest absolute Gasteiger partial charge is 0.169 e. The topological polar surface area (TPSA) is 30.0 Å². The highest BCUT2D eigenvalue weighted by atomic mass is 127. The van der Waals surface area contributed by atoms with Crippen molar-refractivity contribution in [3.63, 3.8) is 0 Å². The van der Waals surface area contributed by atoms with E-state index in [0.29, 0.717) is 6.42 Å². The van der Waals surface area contributed by atoms with Crippen LogP contribution in [0.15, 0.2) is 41.0 Å². The number of nitrogens with zero attached hydrogens (tertiary/aromatic N) is 1. The van der Waals surface area contributed by atoms with Gasteiger partial charge in [-0.25, -0.2) is 0 Å². The van der Waals surface area contributed by atoms with Crippen LogP contribution in [0.4, 0.5) is 0 Å². The van der Waals surface area contributed by atoms with Crippen molar-refractivity contribution in [3.8, 4) is 0 Å². The average molecular weight is 416 g/mol. The first-order chi connectivity index (χ1) is 8.58. The minimum absolute atomic E-state index is 0.0995. The number of carbonyl (C=O) groups excluding carboxylic acids is 1. The van der Waals surface area contributed by atoms with E-state index < -0.39 is 0 Å². The first-order valence-corrected chi connectivity index (χ1v) is 7.34. The number of rotatable bonds is 3. The van der Waals surface area contributed by atoms with Crippen LogP contribution in [-0.4, -0.2) is 10.8 Å². The molecule has 0 N–H and O–H groups in total. The summed E-state index contributed by atoms with van der Waals surface area (Å²) >= 11 is 5.57. The molecule has 0 spiro atoms. The van der Waals surface area contributed by atoms with Crippen LogP contribution in [0.25, 0.3) is 0 Å². The molecule has 2 aromatic rings. The van der Waals surface area contributed by atoms with Gasteiger partial charge >= 0.3 is 0 Å². The summed E-state index contributed by atoms with van der Waals surface area (Å²) in [6, 6.07) is 9.59. The van der Waals surface area contributed by atoms with Gasteiger partial charge in [0, 0.05) is 19.8 Å². The van der Waals surface area contributed by atoms with Gasteiger partial charge in [0.05, 0.1) is 12.1 Å². The van der Waals surface area contributed by atoms with Gasteiger partial charge in [0.2, 0.25) is 0 Å². The molecule has 1 aromatic heterocycles. The number of halogens is 2. The van der Waals surface area contributed by atoms with Crippen molar-refractivity contribution in [1.29, 1.82) is 0 Å². The lowest BCUT2D eigenvalue weighted by Gasteiger charge is -2.06. The van der Waals surface area contributed by atoms with Gasteiger partial charge in [-0.2, -0.15) is 0 Å². The second-order valence-electron chi connectivity index (χ2n) is 3.99. The predicted molar refractivity (Wildman–Crippen MR) is 83.9 cm³/mol. The number of carbonyl (C=O) groups is 1. The van der Waals surface area contributed by atoms with Crippen molar-refractivity contribution in [3.05, 3.63) is 61.4 Å². The molecule has 0 aliphatic heterocycles. The quantitative estimate of drug-likeness (QED) is 0.555. The molecule has 2 rings (SSSR count). The van der Waals surface area contributed by atoms with Gasteiger partial charge in [-0.3, -0.25) is 9.78 Å². The maximum atomic E-state index is 12.3. The zero-order chi connectivity index (χ0) is 13.1. The van der Waals surface area contributed by atoms with Crippen LogP contribution < -0.4 is 0 Å². The maximum Gasteiger partial charge on any atom is 0.169 e. The van der Waals surface area contributed by atoms with E-state index in [1.54, 1.807) is 6.20 Å². The molecule has 1 heterocycles. The third-order valence-electron chi connectivity index (χ3n) is 2.67. The Morgan fingerprint density at radius 1 is 1.39 bits per heavy atom. The number of hydrogen-bond donors (Lipinski definition) is 0. The van der Waals surface area contributed by atoms with E-state index in [-0.39, 0.29) is 5.78 Å². The molecule has 0 bridgehead atoms. The molecule has 0 aliphatic carbocycles. The second-order valence-corrected chi connectivity index (χ2v) is 6.07. The summed E-state index contributed by atoms with van der Waals surface area (Å²) in [6.07, 6.45) is 2.07. The zero-order valence-corrected chi connectivity index (χ0v) is 13.5. The molecule has 0 radical (unpaired) electrons. The fourth-order valence-electron chi connectivity index (χ4n) is 1.66. The summed E-state index contributed by atoms with van der Waals surface area (Å²) in [5, 5.41) is 0. The monoisotopic (exact) mass is 415 g/mol. The van der Waals surface area contributed by atoms with Gasteiger partial charge in [0.15, 0.2) is 5.78 Å². The van der Waals surface area contributed by atoms with Gasteiger partial charge in [-0.05, 0) is 59.3 Å². The molecule has 0 aliphatic rings. The van der Waals surface area contributed by atoms with E-state index in [0.717, 1.165) is 24.9 Å². The normalized spacial score (nSPS) is 10.4. The summed E-state index contributed by atoms with van der Waals surface area (Å²) in [7, 11) is 0. The van der Waals surface area contributed by atoms with Crippen LogP contribution in [0.2, 0.25) is 0 Å². The molecule has 0 saturated heterocycles. The predicted octanol–water partition coefficient (Wildman–Crippen LogP) is 4.18. The standard InChI is InChI=1S/C14H11BrINO/c1-9-3-2-6-17-13(9)8-14(18)11-7-10(15)4-5-12(11)16/h2-7H,8H2,1H3. The third kappa shape index (κ3) is 3.17. The van der Waals surface area contributed by atoms with Crippen LogP contribution in [-0.2, 0) is 6.42 Å². The van der Waals surface area contributed by atoms with E-state index in [2.05, 4.69) is 43.5 Å². The lowest BCUT2D eigenvalue weighted by atomic mass is 10.0. The van der Waals surface area contributed by atoms with Crippen molar-refractivity contribution in [1.82, 2.24) is 4.98 Å². The van der Waals surface area contributed by atoms with Gasteiger partial charge < -0.3 is 0 Å². The molecule has 0 unspecified atom stereocenters. The minimum atomic E-state index is 0.0995. The lowest BCUT2D eigenvalue weighted by molar-refractivity contribution is 0.0991. The fourth-order valence-corrected chi connectivity index (χ4v) is 2.66. The maximum absolute atomic E-state index is 12.3. The number of aromatic nitrogens is 1. The second kappa shape index (κ2) is 5.93. The Hall–Kier alpha value is -0.750. The Labute approximate surface area is 128 Å². The highest BCUT2D eigenvalue weighted by molar-refractivity contribution is 14.1. The number of ketones is 1. The van der Waals surface area contributed by atoms with Gasteiger partial charge in [0.25, 0.3) is 0 Å². The number of pyridine rings is 1. The molecule has 4 heteroatoms. The number of hydrogen-bond acceptors (Lipinski definition) is 2. The van der Waals surface area contributed by atoms with Crippen LogP contribution in [0.3, 0.4) is 0 Å². The summed E-state index contributed by atoms with van der Waals surface area (Å²) in [5.41, 5.74) is 2.64. The Balaban J connectivity index is 2.28. The van der Waals surface area contributed by atoms with Crippen LogP contribution >= 0.6 is 38.5 Å².